The molecule has 0 radical (unpaired) electrons. The van der Waals surface area contributed by atoms with Crippen molar-refractivity contribution in [3.63, 3.8) is 0 Å². The Balaban J connectivity index is 2.36. The summed E-state index contributed by atoms with van der Waals surface area (Å²) in [4.78, 5) is 2.74. The number of nitrogens with one attached hydrogen (secondary N) is 1. The maximum atomic E-state index is 3.75. The summed E-state index contributed by atoms with van der Waals surface area (Å²) in [5, 5.41) is 3.75. The second-order valence-electron chi connectivity index (χ2n) is 6.49. The van der Waals surface area contributed by atoms with Gasteiger partial charge in [0.05, 0.1) is 0 Å². The van der Waals surface area contributed by atoms with E-state index < -0.39 is 0 Å². The van der Waals surface area contributed by atoms with Crippen LogP contribution in [0.5, 0.6) is 0 Å². The van der Waals surface area contributed by atoms with Gasteiger partial charge in [0.1, 0.15) is 0 Å². The van der Waals surface area contributed by atoms with Crippen molar-refractivity contribution in [1.82, 2.24) is 10.2 Å². The monoisotopic (exact) mass is 268 g/mol. The van der Waals surface area contributed by atoms with E-state index in [1.165, 1.54) is 64.6 Å². The first-order valence-electron chi connectivity index (χ1n) is 8.66. The smallest absolute Gasteiger partial charge is 0.0220 e. The van der Waals surface area contributed by atoms with Crippen molar-refractivity contribution in [2.75, 3.05) is 19.6 Å². The van der Waals surface area contributed by atoms with Gasteiger partial charge in [0.2, 0.25) is 0 Å². The molecule has 0 aliphatic carbocycles. The lowest BCUT2D eigenvalue weighted by atomic mass is 9.98. The number of hydrogen-bond donors (Lipinski definition) is 1. The molecule has 1 heterocycles. The summed E-state index contributed by atoms with van der Waals surface area (Å²) in [6.07, 6.45) is 9.56. The Hall–Kier alpha value is -0.0800. The van der Waals surface area contributed by atoms with Gasteiger partial charge in [-0.1, -0.05) is 52.9 Å². The first-order valence-corrected chi connectivity index (χ1v) is 8.66. The van der Waals surface area contributed by atoms with Crippen molar-refractivity contribution in [3.05, 3.63) is 0 Å². The predicted octanol–water partition coefficient (Wildman–Crippen LogP) is 4.06. The van der Waals surface area contributed by atoms with Crippen LogP contribution in [0.1, 0.15) is 72.6 Å². The van der Waals surface area contributed by atoms with E-state index in [1.807, 2.05) is 0 Å². The highest BCUT2D eigenvalue weighted by molar-refractivity contribution is 4.82. The molecule has 0 aromatic carbocycles. The zero-order valence-electron chi connectivity index (χ0n) is 13.8. The van der Waals surface area contributed by atoms with Crippen LogP contribution in [0.25, 0.3) is 0 Å². The summed E-state index contributed by atoms with van der Waals surface area (Å²) in [6, 6.07) is 1.47. The molecular weight excluding hydrogens is 232 g/mol. The molecule has 0 bridgehead atoms. The second-order valence-corrected chi connectivity index (χ2v) is 6.49. The highest BCUT2D eigenvalue weighted by atomic mass is 15.2. The van der Waals surface area contributed by atoms with Crippen molar-refractivity contribution in [2.24, 2.45) is 5.92 Å². The molecule has 114 valence electrons. The van der Waals surface area contributed by atoms with E-state index in [2.05, 4.69) is 37.9 Å². The van der Waals surface area contributed by atoms with Gasteiger partial charge in [-0.3, -0.25) is 4.90 Å². The summed E-state index contributed by atoms with van der Waals surface area (Å²) < 4.78 is 0. The topological polar surface area (TPSA) is 15.3 Å². The number of nitrogens with zero attached hydrogens (tertiary/aromatic N) is 1. The largest absolute Gasteiger partial charge is 0.312 e. The van der Waals surface area contributed by atoms with E-state index in [1.54, 1.807) is 0 Å². The quantitative estimate of drug-likeness (QED) is 0.668. The first-order chi connectivity index (χ1) is 9.19. The SMILES string of the molecule is CCCCCCC(C)N1CCCNC(C(C)CC)C1. The van der Waals surface area contributed by atoms with Gasteiger partial charge in [-0.2, -0.15) is 0 Å². The molecule has 1 N–H and O–H groups in total. The van der Waals surface area contributed by atoms with Crippen molar-refractivity contribution < 1.29 is 0 Å². The third-order valence-electron chi connectivity index (χ3n) is 4.89. The highest BCUT2D eigenvalue weighted by Gasteiger charge is 2.24. The third-order valence-corrected chi connectivity index (χ3v) is 4.89. The Kier molecular flexibility index (Phi) is 8.72. The van der Waals surface area contributed by atoms with Crippen LogP contribution in [0.15, 0.2) is 0 Å². The van der Waals surface area contributed by atoms with E-state index in [0.29, 0.717) is 6.04 Å². The van der Waals surface area contributed by atoms with E-state index in [0.717, 1.165) is 12.0 Å². The Morgan fingerprint density at radius 2 is 1.95 bits per heavy atom. The molecule has 1 rings (SSSR count). The molecule has 3 unspecified atom stereocenters. The Morgan fingerprint density at radius 1 is 1.16 bits per heavy atom. The van der Waals surface area contributed by atoms with Crippen LogP contribution in [0.3, 0.4) is 0 Å². The molecule has 0 aromatic rings. The minimum absolute atomic E-state index is 0.700. The van der Waals surface area contributed by atoms with Gasteiger partial charge >= 0.3 is 0 Å². The zero-order chi connectivity index (χ0) is 14.1. The molecule has 3 atom stereocenters. The number of hydrogen-bond acceptors (Lipinski definition) is 2. The molecular formula is C17H36N2. The van der Waals surface area contributed by atoms with Crippen LogP contribution in [0, 0.1) is 5.92 Å². The Morgan fingerprint density at radius 3 is 2.63 bits per heavy atom. The maximum Gasteiger partial charge on any atom is 0.0220 e. The lowest BCUT2D eigenvalue weighted by molar-refractivity contribution is 0.177. The van der Waals surface area contributed by atoms with E-state index in [-0.39, 0.29) is 0 Å². The fourth-order valence-corrected chi connectivity index (χ4v) is 3.09. The second kappa shape index (κ2) is 9.77. The molecule has 0 aromatic heterocycles. The molecule has 19 heavy (non-hydrogen) atoms. The van der Waals surface area contributed by atoms with Gasteiger partial charge in [0.25, 0.3) is 0 Å². The summed E-state index contributed by atoms with van der Waals surface area (Å²) in [6.45, 7) is 13.2. The minimum Gasteiger partial charge on any atom is -0.312 e. The summed E-state index contributed by atoms with van der Waals surface area (Å²) in [5.74, 6) is 0.799. The average Bonchev–Trinajstić information content (AvgIpc) is 2.68. The predicted molar refractivity (Wildman–Crippen MR) is 85.7 cm³/mol. The molecule has 1 aliphatic heterocycles. The molecule has 0 saturated carbocycles. The van der Waals surface area contributed by atoms with Gasteiger partial charge in [0.15, 0.2) is 0 Å². The maximum absolute atomic E-state index is 3.75. The third kappa shape index (κ3) is 6.27. The highest BCUT2D eigenvalue weighted by Crippen LogP contribution is 2.17. The van der Waals surface area contributed by atoms with Crippen molar-refractivity contribution in [2.45, 2.75) is 84.7 Å². The summed E-state index contributed by atoms with van der Waals surface area (Å²) in [7, 11) is 0. The zero-order valence-corrected chi connectivity index (χ0v) is 13.8. The molecule has 2 heteroatoms. The molecule has 1 fully saturated rings. The average molecular weight is 268 g/mol. The van der Waals surface area contributed by atoms with E-state index in [9.17, 15) is 0 Å². The number of rotatable bonds is 8. The van der Waals surface area contributed by atoms with E-state index in [4.69, 9.17) is 0 Å². The Labute approximate surface area is 121 Å². The fraction of sp³-hybridized carbons (Fsp3) is 1.00. The molecule has 2 nitrogen and oxygen atoms in total. The van der Waals surface area contributed by atoms with Crippen LogP contribution < -0.4 is 5.32 Å². The van der Waals surface area contributed by atoms with Crippen LogP contribution in [-0.4, -0.2) is 36.6 Å². The van der Waals surface area contributed by atoms with Crippen molar-refractivity contribution in [3.8, 4) is 0 Å². The van der Waals surface area contributed by atoms with Crippen LogP contribution in [0.4, 0.5) is 0 Å². The van der Waals surface area contributed by atoms with Gasteiger partial charge in [-0.15, -0.1) is 0 Å². The van der Waals surface area contributed by atoms with Crippen molar-refractivity contribution >= 4 is 0 Å². The van der Waals surface area contributed by atoms with Crippen LogP contribution >= 0.6 is 0 Å². The molecule has 1 saturated heterocycles. The molecule has 1 aliphatic rings. The van der Waals surface area contributed by atoms with E-state index >= 15 is 0 Å². The summed E-state index contributed by atoms with van der Waals surface area (Å²) in [5.41, 5.74) is 0. The van der Waals surface area contributed by atoms with Gasteiger partial charge < -0.3 is 5.32 Å². The first kappa shape index (κ1) is 17.0. The molecule has 0 amide bonds. The molecule has 0 spiro atoms. The van der Waals surface area contributed by atoms with Crippen LogP contribution in [-0.2, 0) is 0 Å². The fourth-order valence-electron chi connectivity index (χ4n) is 3.09. The minimum atomic E-state index is 0.700. The normalized spacial score (nSPS) is 24.9. The van der Waals surface area contributed by atoms with Gasteiger partial charge in [-0.05, 0) is 38.8 Å². The van der Waals surface area contributed by atoms with Gasteiger partial charge in [-0.25, -0.2) is 0 Å². The van der Waals surface area contributed by atoms with Gasteiger partial charge in [0, 0.05) is 18.6 Å². The summed E-state index contributed by atoms with van der Waals surface area (Å²) >= 11 is 0. The lowest BCUT2D eigenvalue weighted by Crippen LogP contribution is -2.44. The Bertz CT molecular complexity index is 217. The standard InChI is InChI=1S/C17H36N2/c1-5-7-8-9-11-16(4)19-13-10-12-18-17(14-19)15(3)6-2/h15-18H,5-14H2,1-4H3. The lowest BCUT2D eigenvalue weighted by Gasteiger charge is -2.32. The van der Waals surface area contributed by atoms with Crippen LogP contribution in [0.2, 0.25) is 0 Å². The van der Waals surface area contributed by atoms with Crippen molar-refractivity contribution in [1.29, 1.82) is 0 Å². The number of unbranched alkanes of at least 4 members (excludes halogenated alkanes) is 3.